The average Bonchev–Trinajstić information content (AvgIpc) is 2.07. The highest BCUT2D eigenvalue weighted by atomic mass is 16.1. The van der Waals surface area contributed by atoms with Gasteiger partial charge in [0, 0.05) is 24.7 Å². The third-order valence-corrected chi connectivity index (χ3v) is 3.28. The molecule has 0 radical (unpaired) electrons. The van der Waals surface area contributed by atoms with E-state index >= 15 is 0 Å². The molecule has 0 bridgehead atoms. The molecule has 2 atom stereocenters. The van der Waals surface area contributed by atoms with Crippen molar-refractivity contribution in [3.05, 3.63) is 0 Å². The maximum Gasteiger partial charge on any atom is 0.137 e. The minimum atomic E-state index is -0.0162. The van der Waals surface area contributed by atoms with Crippen LogP contribution in [0, 0.1) is 23.7 Å². The second kappa shape index (κ2) is 4.24. The summed E-state index contributed by atoms with van der Waals surface area (Å²) in [4.78, 5) is 23.5. The van der Waals surface area contributed by atoms with Crippen LogP contribution in [0.25, 0.3) is 0 Å². The summed E-state index contributed by atoms with van der Waals surface area (Å²) >= 11 is 0. The fraction of sp³-hybridized carbons (Fsp3) is 0.833. The average molecular weight is 196 g/mol. The SMILES string of the molecule is CC(C)C1CC(=O)C(C(C)C)CC1=O. The van der Waals surface area contributed by atoms with Gasteiger partial charge in [-0.1, -0.05) is 27.7 Å². The first-order valence-electron chi connectivity index (χ1n) is 5.49. The van der Waals surface area contributed by atoms with E-state index < -0.39 is 0 Å². The molecule has 0 heterocycles. The molecule has 1 fully saturated rings. The fourth-order valence-corrected chi connectivity index (χ4v) is 2.18. The standard InChI is InChI=1S/C12H20O2/c1-7(2)9-5-12(14)10(8(3)4)6-11(9)13/h7-10H,5-6H2,1-4H3. The molecule has 0 saturated heterocycles. The Bertz CT molecular complexity index is 215. The Morgan fingerprint density at radius 1 is 0.857 bits per heavy atom. The summed E-state index contributed by atoms with van der Waals surface area (Å²) in [6.45, 7) is 8.08. The van der Waals surface area contributed by atoms with Crippen LogP contribution in [0.5, 0.6) is 0 Å². The topological polar surface area (TPSA) is 34.1 Å². The van der Waals surface area contributed by atoms with Crippen molar-refractivity contribution in [3.8, 4) is 0 Å². The van der Waals surface area contributed by atoms with Crippen molar-refractivity contribution in [3.63, 3.8) is 0 Å². The number of Topliss-reactive ketones (excluding diaryl/α,β-unsaturated/α-hetero) is 2. The van der Waals surface area contributed by atoms with E-state index in [0.717, 1.165) is 0 Å². The van der Waals surface area contributed by atoms with Gasteiger partial charge in [-0.3, -0.25) is 9.59 Å². The lowest BCUT2D eigenvalue weighted by atomic mass is 9.72. The highest BCUT2D eigenvalue weighted by Crippen LogP contribution is 2.31. The zero-order valence-corrected chi connectivity index (χ0v) is 9.54. The largest absolute Gasteiger partial charge is 0.299 e. The van der Waals surface area contributed by atoms with Crippen LogP contribution in [0.1, 0.15) is 40.5 Å². The second-order valence-electron chi connectivity index (χ2n) is 5.04. The normalized spacial score (nSPS) is 29.0. The van der Waals surface area contributed by atoms with Gasteiger partial charge in [0.1, 0.15) is 11.6 Å². The van der Waals surface area contributed by atoms with Gasteiger partial charge in [0.25, 0.3) is 0 Å². The van der Waals surface area contributed by atoms with E-state index in [0.29, 0.717) is 36.2 Å². The van der Waals surface area contributed by atoms with Crippen LogP contribution < -0.4 is 0 Å². The van der Waals surface area contributed by atoms with Gasteiger partial charge in [-0.2, -0.15) is 0 Å². The zero-order valence-electron chi connectivity index (χ0n) is 9.54. The lowest BCUT2D eigenvalue weighted by Gasteiger charge is -2.30. The summed E-state index contributed by atoms with van der Waals surface area (Å²) in [5.74, 6) is 1.16. The number of carbonyl (C=O) groups excluding carboxylic acids is 2. The van der Waals surface area contributed by atoms with Gasteiger partial charge < -0.3 is 0 Å². The molecular weight excluding hydrogens is 176 g/mol. The Morgan fingerprint density at radius 2 is 1.14 bits per heavy atom. The molecule has 80 valence electrons. The van der Waals surface area contributed by atoms with Gasteiger partial charge in [0.05, 0.1) is 0 Å². The lowest BCUT2D eigenvalue weighted by Crippen LogP contribution is -2.37. The summed E-state index contributed by atoms with van der Waals surface area (Å²) in [6, 6.07) is 0. The molecule has 0 N–H and O–H groups in total. The van der Waals surface area contributed by atoms with Gasteiger partial charge in [-0.15, -0.1) is 0 Å². The van der Waals surface area contributed by atoms with Gasteiger partial charge in [0.2, 0.25) is 0 Å². The third kappa shape index (κ3) is 2.23. The summed E-state index contributed by atoms with van der Waals surface area (Å²) in [5, 5.41) is 0. The quantitative estimate of drug-likeness (QED) is 0.680. The minimum absolute atomic E-state index is 0.0162. The molecule has 1 aliphatic carbocycles. The van der Waals surface area contributed by atoms with Crippen molar-refractivity contribution < 1.29 is 9.59 Å². The Hall–Kier alpha value is -0.660. The van der Waals surface area contributed by atoms with E-state index in [9.17, 15) is 9.59 Å². The molecule has 0 aliphatic heterocycles. The second-order valence-corrected chi connectivity index (χ2v) is 5.04. The number of rotatable bonds is 2. The van der Waals surface area contributed by atoms with Gasteiger partial charge in [0.15, 0.2) is 0 Å². The van der Waals surface area contributed by atoms with E-state index in [4.69, 9.17) is 0 Å². The van der Waals surface area contributed by atoms with Crippen molar-refractivity contribution in [1.82, 2.24) is 0 Å². The van der Waals surface area contributed by atoms with Crippen LogP contribution >= 0.6 is 0 Å². The first kappa shape index (κ1) is 11.4. The van der Waals surface area contributed by atoms with Crippen LogP contribution in [-0.4, -0.2) is 11.6 Å². The van der Waals surface area contributed by atoms with Crippen molar-refractivity contribution in [2.75, 3.05) is 0 Å². The van der Waals surface area contributed by atoms with Crippen LogP contribution in [0.15, 0.2) is 0 Å². The van der Waals surface area contributed by atoms with E-state index in [-0.39, 0.29) is 11.8 Å². The number of hydrogen-bond acceptors (Lipinski definition) is 2. The molecule has 1 aliphatic rings. The molecule has 0 aromatic carbocycles. The Kier molecular flexibility index (Phi) is 3.46. The predicted molar refractivity (Wildman–Crippen MR) is 55.9 cm³/mol. The predicted octanol–water partition coefficient (Wildman–Crippen LogP) is 2.46. The molecule has 0 amide bonds. The van der Waals surface area contributed by atoms with Crippen molar-refractivity contribution in [2.24, 2.45) is 23.7 Å². The molecule has 2 unspecified atom stereocenters. The Balaban J connectivity index is 2.72. The maximum atomic E-state index is 11.7. The molecule has 0 aromatic rings. The zero-order chi connectivity index (χ0) is 10.9. The summed E-state index contributed by atoms with van der Waals surface area (Å²) in [6.07, 6.45) is 0.943. The highest BCUT2D eigenvalue weighted by molar-refractivity contribution is 5.96. The van der Waals surface area contributed by atoms with Gasteiger partial charge in [-0.05, 0) is 11.8 Å². The molecule has 1 saturated carbocycles. The van der Waals surface area contributed by atoms with Gasteiger partial charge >= 0.3 is 0 Å². The molecular formula is C12H20O2. The summed E-state index contributed by atoms with van der Waals surface area (Å²) < 4.78 is 0. The minimum Gasteiger partial charge on any atom is -0.299 e. The van der Waals surface area contributed by atoms with E-state index in [1.165, 1.54) is 0 Å². The number of carbonyl (C=O) groups is 2. The van der Waals surface area contributed by atoms with E-state index in [1.807, 2.05) is 27.7 Å². The first-order chi connectivity index (χ1) is 6.43. The van der Waals surface area contributed by atoms with Crippen LogP contribution in [0.3, 0.4) is 0 Å². The van der Waals surface area contributed by atoms with Crippen LogP contribution in [-0.2, 0) is 9.59 Å². The lowest BCUT2D eigenvalue weighted by molar-refractivity contribution is -0.139. The smallest absolute Gasteiger partial charge is 0.137 e. The van der Waals surface area contributed by atoms with Gasteiger partial charge in [-0.25, -0.2) is 0 Å². The highest BCUT2D eigenvalue weighted by Gasteiger charge is 2.37. The summed E-state index contributed by atoms with van der Waals surface area (Å²) in [7, 11) is 0. The Morgan fingerprint density at radius 3 is 1.36 bits per heavy atom. The van der Waals surface area contributed by atoms with Crippen molar-refractivity contribution >= 4 is 11.6 Å². The van der Waals surface area contributed by atoms with Crippen molar-refractivity contribution in [1.29, 1.82) is 0 Å². The third-order valence-electron chi connectivity index (χ3n) is 3.28. The van der Waals surface area contributed by atoms with Crippen LogP contribution in [0.2, 0.25) is 0 Å². The Labute approximate surface area is 86.1 Å². The molecule has 0 spiro atoms. The first-order valence-corrected chi connectivity index (χ1v) is 5.49. The fourth-order valence-electron chi connectivity index (χ4n) is 2.18. The molecule has 1 rings (SSSR count). The van der Waals surface area contributed by atoms with Crippen LogP contribution in [0.4, 0.5) is 0 Å². The van der Waals surface area contributed by atoms with Crippen molar-refractivity contribution in [2.45, 2.75) is 40.5 Å². The van der Waals surface area contributed by atoms with E-state index in [1.54, 1.807) is 0 Å². The number of hydrogen-bond donors (Lipinski definition) is 0. The molecule has 0 aromatic heterocycles. The number of ketones is 2. The molecule has 2 nitrogen and oxygen atoms in total. The van der Waals surface area contributed by atoms with E-state index in [2.05, 4.69) is 0 Å². The molecule has 14 heavy (non-hydrogen) atoms. The summed E-state index contributed by atoms with van der Waals surface area (Å²) in [5.41, 5.74) is 0. The maximum absolute atomic E-state index is 11.7. The monoisotopic (exact) mass is 196 g/mol. The molecule has 2 heteroatoms.